The summed E-state index contributed by atoms with van der Waals surface area (Å²) < 4.78 is 10.5. The third kappa shape index (κ3) is 2.86. The quantitative estimate of drug-likeness (QED) is 0.639. The second-order valence-electron chi connectivity index (χ2n) is 4.52. The number of ether oxygens (including phenoxy) is 2. The van der Waals surface area contributed by atoms with Crippen LogP contribution in [-0.4, -0.2) is 25.0 Å². The third-order valence-corrected chi connectivity index (χ3v) is 3.07. The van der Waals surface area contributed by atoms with E-state index in [9.17, 15) is 9.59 Å². The summed E-state index contributed by atoms with van der Waals surface area (Å²) >= 11 is 0. The van der Waals surface area contributed by atoms with Crippen LogP contribution in [0.1, 0.15) is 0 Å². The Morgan fingerprint density at radius 3 is 2.62 bits per heavy atom. The van der Waals surface area contributed by atoms with E-state index in [1.807, 2.05) is 12.1 Å². The number of rotatable bonds is 3. The predicted octanol–water partition coefficient (Wildman–Crippen LogP) is 2.02. The molecule has 5 heteroatoms. The summed E-state index contributed by atoms with van der Waals surface area (Å²) in [6.07, 6.45) is 0. The molecule has 0 fully saturated rings. The highest BCUT2D eigenvalue weighted by atomic mass is 16.5. The zero-order valence-corrected chi connectivity index (χ0v) is 11.2. The van der Waals surface area contributed by atoms with Crippen molar-refractivity contribution >= 4 is 17.6 Å². The van der Waals surface area contributed by atoms with Gasteiger partial charge < -0.3 is 9.47 Å². The summed E-state index contributed by atoms with van der Waals surface area (Å²) in [5.41, 5.74) is 0.582. The van der Waals surface area contributed by atoms with Crippen molar-refractivity contribution in [3.8, 4) is 11.5 Å². The highest BCUT2D eigenvalue weighted by molar-refractivity contribution is 6.01. The number of esters is 1. The fourth-order valence-corrected chi connectivity index (χ4v) is 2.11. The van der Waals surface area contributed by atoms with Crippen molar-refractivity contribution in [2.45, 2.75) is 0 Å². The molecule has 0 unspecified atom stereocenters. The highest BCUT2D eigenvalue weighted by Gasteiger charge is 2.27. The number of fused-ring (bicyclic) bond motifs is 1. The summed E-state index contributed by atoms with van der Waals surface area (Å²) in [6, 6.07) is 15.9. The summed E-state index contributed by atoms with van der Waals surface area (Å²) in [4.78, 5) is 25.3. The molecular formula is C16H13NO4. The van der Waals surface area contributed by atoms with E-state index in [2.05, 4.69) is 0 Å². The lowest BCUT2D eigenvalue weighted by atomic mass is 10.2. The second-order valence-corrected chi connectivity index (χ2v) is 4.52. The van der Waals surface area contributed by atoms with E-state index >= 15 is 0 Å². The molecule has 3 rings (SSSR count). The van der Waals surface area contributed by atoms with Gasteiger partial charge in [0.2, 0.25) is 0 Å². The summed E-state index contributed by atoms with van der Waals surface area (Å²) in [5.74, 6) is 0.283. The van der Waals surface area contributed by atoms with Gasteiger partial charge in [-0.25, -0.2) is 4.79 Å². The third-order valence-electron chi connectivity index (χ3n) is 3.07. The summed E-state index contributed by atoms with van der Waals surface area (Å²) in [6.45, 7) is -0.219. The molecule has 0 saturated heterocycles. The first kappa shape index (κ1) is 13.2. The average Bonchev–Trinajstić information content (AvgIpc) is 2.51. The topological polar surface area (TPSA) is 55.8 Å². The van der Waals surface area contributed by atoms with Crippen molar-refractivity contribution in [1.29, 1.82) is 0 Å². The number of para-hydroxylation sites is 3. The molecule has 0 N–H and O–H groups in total. The van der Waals surface area contributed by atoms with Crippen molar-refractivity contribution in [3.63, 3.8) is 0 Å². The van der Waals surface area contributed by atoms with Crippen LogP contribution in [-0.2, 0) is 9.59 Å². The largest absolute Gasteiger partial charge is 0.482 e. The molecule has 2 aromatic carbocycles. The molecule has 0 aliphatic carbocycles. The standard InChI is InChI=1S/C16H13NO4/c18-15-11-20-14-9-5-4-8-13(14)17(15)10-16(19)21-12-6-2-1-3-7-12/h1-9H,10-11H2. The van der Waals surface area contributed by atoms with E-state index in [1.165, 1.54) is 4.90 Å². The van der Waals surface area contributed by atoms with E-state index in [-0.39, 0.29) is 19.1 Å². The van der Waals surface area contributed by atoms with Crippen molar-refractivity contribution in [3.05, 3.63) is 54.6 Å². The van der Waals surface area contributed by atoms with Crippen LogP contribution in [0.2, 0.25) is 0 Å². The van der Waals surface area contributed by atoms with Crippen molar-refractivity contribution in [2.24, 2.45) is 0 Å². The van der Waals surface area contributed by atoms with Gasteiger partial charge in [-0.15, -0.1) is 0 Å². The molecule has 106 valence electrons. The van der Waals surface area contributed by atoms with Gasteiger partial charge in [0.1, 0.15) is 18.0 Å². The van der Waals surface area contributed by atoms with E-state index in [1.54, 1.807) is 42.5 Å². The molecule has 0 aromatic heterocycles. The zero-order valence-electron chi connectivity index (χ0n) is 11.2. The molecule has 1 amide bonds. The number of carbonyl (C=O) groups excluding carboxylic acids is 2. The first-order chi connectivity index (χ1) is 10.2. The minimum absolute atomic E-state index is 0.0738. The van der Waals surface area contributed by atoms with Gasteiger partial charge in [0.05, 0.1) is 5.69 Å². The van der Waals surface area contributed by atoms with Crippen LogP contribution in [0, 0.1) is 0 Å². The maximum Gasteiger partial charge on any atom is 0.331 e. The molecule has 1 aliphatic rings. The predicted molar refractivity (Wildman–Crippen MR) is 76.4 cm³/mol. The van der Waals surface area contributed by atoms with Gasteiger partial charge in [-0.3, -0.25) is 9.69 Å². The van der Waals surface area contributed by atoms with Crippen molar-refractivity contribution in [2.75, 3.05) is 18.1 Å². The van der Waals surface area contributed by atoms with Crippen molar-refractivity contribution < 1.29 is 19.1 Å². The van der Waals surface area contributed by atoms with Crippen LogP contribution in [0.25, 0.3) is 0 Å². The lowest BCUT2D eigenvalue weighted by molar-refractivity contribution is -0.134. The Morgan fingerprint density at radius 2 is 1.81 bits per heavy atom. The first-order valence-electron chi connectivity index (χ1n) is 6.52. The number of nitrogens with zero attached hydrogens (tertiary/aromatic N) is 1. The van der Waals surface area contributed by atoms with Crippen LogP contribution < -0.4 is 14.4 Å². The summed E-state index contributed by atoms with van der Waals surface area (Å²) in [5, 5.41) is 0. The lowest BCUT2D eigenvalue weighted by Crippen LogP contribution is -2.43. The fourth-order valence-electron chi connectivity index (χ4n) is 2.11. The molecule has 5 nitrogen and oxygen atoms in total. The van der Waals surface area contributed by atoms with Crippen LogP contribution >= 0.6 is 0 Å². The van der Waals surface area contributed by atoms with Crippen LogP contribution in [0.3, 0.4) is 0 Å². The molecule has 0 atom stereocenters. The van der Waals surface area contributed by atoms with Gasteiger partial charge in [0, 0.05) is 0 Å². The molecule has 1 aliphatic heterocycles. The maximum absolute atomic E-state index is 12.0. The first-order valence-corrected chi connectivity index (χ1v) is 6.52. The SMILES string of the molecule is O=C(CN1C(=O)COc2ccccc21)Oc1ccccc1. The second kappa shape index (κ2) is 5.66. The van der Waals surface area contributed by atoms with Gasteiger partial charge >= 0.3 is 5.97 Å². The maximum atomic E-state index is 12.0. The number of hydrogen-bond donors (Lipinski definition) is 0. The fraction of sp³-hybridized carbons (Fsp3) is 0.125. The Balaban J connectivity index is 1.75. The number of amides is 1. The number of benzene rings is 2. The van der Waals surface area contributed by atoms with Crippen LogP contribution in [0.5, 0.6) is 11.5 Å². The van der Waals surface area contributed by atoms with Gasteiger partial charge in [-0.05, 0) is 24.3 Å². The molecule has 1 heterocycles. The zero-order chi connectivity index (χ0) is 14.7. The normalized spacial score (nSPS) is 13.3. The molecule has 0 saturated carbocycles. The molecule has 0 bridgehead atoms. The number of anilines is 1. The van der Waals surface area contributed by atoms with Gasteiger partial charge in [0.25, 0.3) is 5.91 Å². The molecule has 21 heavy (non-hydrogen) atoms. The molecule has 2 aromatic rings. The Kier molecular flexibility index (Phi) is 3.55. The van der Waals surface area contributed by atoms with E-state index in [4.69, 9.17) is 9.47 Å². The van der Waals surface area contributed by atoms with E-state index < -0.39 is 5.97 Å². The summed E-state index contributed by atoms with van der Waals surface area (Å²) in [7, 11) is 0. The molecule has 0 spiro atoms. The minimum atomic E-state index is -0.494. The van der Waals surface area contributed by atoms with E-state index in [0.717, 1.165) is 0 Å². The van der Waals surface area contributed by atoms with Crippen LogP contribution in [0.15, 0.2) is 54.6 Å². The average molecular weight is 283 g/mol. The van der Waals surface area contributed by atoms with Crippen LogP contribution in [0.4, 0.5) is 5.69 Å². The van der Waals surface area contributed by atoms with Gasteiger partial charge in [-0.1, -0.05) is 30.3 Å². The monoisotopic (exact) mass is 283 g/mol. The molecule has 0 radical (unpaired) electrons. The number of hydrogen-bond acceptors (Lipinski definition) is 4. The Labute approximate surface area is 121 Å². The Morgan fingerprint density at radius 1 is 1.10 bits per heavy atom. The van der Waals surface area contributed by atoms with Crippen molar-refractivity contribution in [1.82, 2.24) is 0 Å². The smallest absolute Gasteiger partial charge is 0.331 e. The minimum Gasteiger partial charge on any atom is -0.482 e. The number of carbonyl (C=O) groups is 2. The molecular weight excluding hydrogens is 270 g/mol. The Bertz CT molecular complexity index is 669. The van der Waals surface area contributed by atoms with Gasteiger partial charge in [-0.2, -0.15) is 0 Å². The van der Waals surface area contributed by atoms with E-state index in [0.29, 0.717) is 17.2 Å². The Hall–Kier alpha value is -2.82. The van der Waals surface area contributed by atoms with Gasteiger partial charge in [0.15, 0.2) is 6.61 Å². The lowest BCUT2D eigenvalue weighted by Gasteiger charge is -2.28. The highest BCUT2D eigenvalue weighted by Crippen LogP contribution is 2.31.